The van der Waals surface area contributed by atoms with Gasteiger partial charge in [0.05, 0.1) is 5.41 Å². The predicted molar refractivity (Wildman–Crippen MR) is 71.2 cm³/mol. The van der Waals surface area contributed by atoms with Gasteiger partial charge in [-0.25, -0.2) is 0 Å². The number of nitrogens with two attached hydrogens (primary N) is 1. The van der Waals surface area contributed by atoms with Crippen LogP contribution in [0.1, 0.15) is 44.9 Å². The van der Waals surface area contributed by atoms with Gasteiger partial charge in [-0.2, -0.15) is 0 Å². The lowest BCUT2D eigenvalue weighted by Gasteiger charge is -2.36. The van der Waals surface area contributed by atoms with Gasteiger partial charge in [-0.15, -0.1) is 0 Å². The van der Waals surface area contributed by atoms with Crippen molar-refractivity contribution in [2.75, 3.05) is 26.7 Å². The summed E-state index contributed by atoms with van der Waals surface area (Å²) in [7, 11) is 2.11. The van der Waals surface area contributed by atoms with E-state index in [1.54, 1.807) is 0 Å². The number of piperidine rings is 1. The number of hydrogen-bond acceptors (Lipinski definition) is 4. The fourth-order valence-corrected chi connectivity index (χ4v) is 3.10. The van der Waals surface area contributed by atoms with E-state index in [-0.39, 0.29) is 17.5 Å². The smallest absolute Gasteiger partial charge is 0.313 e. The summed E-state index contributed by atoms with van der Waals surface area (Å²) in [6.07, 6.45) is 7.30. The summed E-state index contributed by atoms with van der Waals surface area (Å²) in [4.78, 5) is 14.7. The SMILES string of the molecule is CN1CCC(OC(=O)C2(CN)CCCCC2)CC1. The molecule has 1 saturated carbocycles. The van der Waals surface area contributed by atoms with Crippen molar-refractivity contribution in [3.05, 3.63) is 0 Å². The van der Waals surface area contributed by atoms with Gasteiger partial charge >= 0.3 is 5.97 Å². The summed E-state index contributed by atoms with van der Waals surface area (Å²) in [6.45, 7) is 2.49. The molecule has 2 aliphatic rings. The molecule has 0 radical (unpaired) electrons. The number of hydrogen-bond donors (Lipinski definition) is 1. The van der Waals surface area contributed by atoms with Gasteiger partial charge in [-0.1, -0.05) is 19.3 Å². The second-order valence-electron chi connectivity index (χ2n) is 5.95. The van der Waals surface area contributed by atoms with E-state index in [0.717, 1.165) is 51.6 Å². The van der Waals surface area contributed by atoms with Crippen LogP contribution < -0.4 is 5.73 Å². The first-order valence-corrected chi connectivity index (χ1v) is 7.26. The molecule has 0 amide bonds. The molecule has 4 nitrogen and oxygen atoms in total. The third-order valence-electron chi connectivity index (χ3n) is 4.57. The zero-order valence-corrected chi connectivity index (χ0v) is 11.5. The summed E-state index contributed by atoms with van der Waals surface area (Å²) < 4.78 is 5.73. The normalized spacial score (nSPS) is 25.9. The maximum absolute atomic E-state index is 12.4. The maximum atomic E-state index is 12.4. The van der Waals surface area contributed by atoms with Crippen molar-refractivity contribution in [1.29, 1.82) is 0 Å². The molecule has 0 aromatic heterocycles. The third kappa shape index (κ3) is 3.04. The first-order valence-electron chi connectivity index (χ1n) is 7.26. The average molecular weight is 254 g/mol. The van der Waals surface area contributed by atoms with Crippen LogP contribution in [0, 0.1) is 5.41 Å². The molecule has 18 heavy (non-hydrogen) atoms. The third-order valence-corrected chi connectivity index (χ3v) is 4.57. The number of esters is 1. The zero-order chi connectivity index (χ0) is 13.0. The molecule has 1 aliphatic heterocycles. The average Bonchev–Trinajstić information content (AvgIpc) is 2.42. The molecule has 1 heterocycles. The van der Waals surface area contributed by atoms with Gasteiger partial charge in [0.15, 0.2) is 0 Å². The van der Waals surface area contributed by atoms with Gasteiger partial charge in [-0.05, 0) is 32.7 Å². The molecule has 1 aliphatic carbocycles. The van der Waals surface area contributed by atoms with Crippen LogP contribution >= 0.6 is 0 Å². The van der Waals surface area contributed by atoms with Crippen LogP contribution in [0.4, 0.5) is 0 Å². The molecule has 2 fully saturated rings. The van der Waals surface area contributed by atoms with E-state index in [4.69, 9.17) is 10.5 Å². The highest BCUT2D eigenvalue weighted by molar-refractivity contribution is 5.77. The largest absolute Gasteiger partial charge is 0.462 e. The monoisotopic (exact) mass is 254 g/mol. The molecule has 2 rings (SSSR count). The summed E-state index contributed by atoms with van der Waals surface area (Å²) in [5.41, 5.74) is 5.48. The first-order chi connectivity index (χ1) is 8.66. The molecule has 4 heteroatoms. The number of rotatable bonds is 3. The lowest BCUT2D eigenvalue weighted by molar-refractivity contribution is -0.165. The summed E-state index contributed by atoms with van der Waals surface area (Å²) in [5.74, 6) is -0.0285. The number of likely N-dealkylation sites (tertiary alicyclic amines) is 1. The van der Waals surface area contributed by atoms with Crippen LogP contribution in [0.25, 0.3) is 0 Å². The molecular weight excluding hydrogens is 228 g/mol. The standard InChI is InChI=1S/C14H26N2O2/c1-16-9-5-12(6-10-16)18-13(17)14(11-15)7-3-2-4-8-14/h12H,2-11,15H2,1H3. The van der Waals surface area contributed by atoms with E-state index < -0.39 is 0 Å². The number of carbonyl (C=O) groups excluding carboxylic acids is 1. The minimum Gasteiger partial charge on any atom is -0.462 e. The van der Waals surface area contributed by atoms with Gasteiger partial charge in [0.1, 0.15) is 6.10 Å². The van der Waals surface area contributed by atoms with E-state index in [1.165, 1.54) is 6.42 Å². The Hall–Kier alpha value is -0.610. The highest BCUT2D eigenvalue weighted by Gasteiger charge is 2.40. The van der Waals surface area contributed by atoms with Crippen LogP contribution in [-0.4, -0.2) is 43.7 Å². The Balaban J connectivity index is 1.89. The number of carbonyl (C=O) groups is 1. The van der Waals surface area contributed by atoms with Crippen LogP contribution in [0.5, 0.6) is 0 Å². The molecule has 104 valence electrons. The van der Waals surface area contributed by atoms with Crippen molar-refractivity contribution in [3.8, 4) is 0 Å². The summed E-state index contributed by atoms with van der Waals surface area (Å²) >= 11 is 0. The lowest BCUT2D eigenvalue weighted by atomic mass is 9.74. The van der Waals surface area contributed by atoms with Crippen molar-refractivity contribution >= 4 is 5.97 Å². The van der Waals surface area contributed by atoms with E-state index in [0.29, 0.717) is 6.54 Å². The van der Waals surface area contributed by atoms with Crippen LogP contribution in [0.15, 0.2) is 0 Å². The first kappa shape index (κ1) is 13.8. The number of nitrogens with zero attached hydrogens (tertiary/aromatic N) is 1. The predicted octanol–water partition coefficient (Wildman–Crippen LogP) is 1.53. The quantitative estimate of drug-likeness (QED) is 0.776. The molecule has 0 aromatic rings. The maximum Gasteiger partial charge on any atom is 0.313 e. The Labute approximate surface area is 110 Å². The second kappa shape index (κ2) is 6.02. The molecule has 1 saturated heterocycles. The lowest BCUT2D eigenvalue weighted by Crippen LogP contribution is -2.44. The topological polar surface area (TPSA) is 55.6 Å². The van der Waals surface area contributed by atoms with Gasteiger partial charge in [0, 0.05) is 19.6 Å². The second-order valence-corrected chi connectivity index (χ2v) is 5.95. The van der Waals surface area contributed by atoms with E-state index in [1.807, 2.05) is 0 Å². The van der Waals surface area contributed by atoms with Gasteiger partial charge in [-0.3, -0.25) is 4.79 Å². The Morgan fingerprint density at radius 2 is 1.89 bits per heavy atom. The van der Waals surface area contributed by atoms with Crippen molar-refractivity contribution in [1.82, 2.24) is 4.90 Å². The van der Waals surface area contributed by atoms with E-state index >= 15 is 0 Å². The minimum atomic E-state index is -0.373. The molecule has 0 bridgehead atoms. The Kier molecular flexibility index (Phi) is 4.62. The van der Waals surface area contributed by atoms with Crippen LogP contribution in [0.2, 0.25) is 0 Å². The molecule has 0 aromatic carbocycles. The molecule has 0 unspecified atom stereocenters. The highest BCUT2D eigenvalue weighted by Crippen LogP contribution is 2.37. The molecule has 0 atom stereocenters. The van der Waals surface area contributed by atoms with Crippen molar-refractivity contribution in [3.63, 3.8) is 0 Å². The van der Waals surface area contributed by atoms with Gasteiger partial charge < -0.3 is 15.4 Å². The Morgan fingerprint density at radius 3 is 2.44 bits per heavy atom. The molecule has 2 N–H and O–H groups in total. The van der Waals surface area contributed by atoms with Crippen LogP contribution in [0.3, 0.4) is 0 Å². The Bertz CT molecular complexity index is 280. The van der Waals surface area contributed by atoms with Crippen LogP contribution in [-0.2, 0) is 9.53 Å². The Morgan fingerprint density at radius 1 is 1.28 bits per heavy atom. The summed E-state index contributed by atoms with van der Waals surface area (Å²) in [5, 5.41) is 0. The van der Waals surface area contributed by atoms with Gasteiger partial charge in [0.25, 0.3) is 0 Å². The van der Waals surface area contributed by atoms with Crippen molar-refractivity contribution < 1.29 is 9.53 Å². The van der Waals surface area contributed by atoms with Gasteiger partial charge in [0.2, 0.25) is 0 Å². The van der Waals surface area contributed by atoms with Crippen molar-refractivity contribution in [2.24, 2.45) is 11.1 Å². The summed E-state index contributed by atoms with van der Waals surface area (Å²) in [6, 6.07) is 0. The fraction of sp³-hybridized carbons (Fsp3) is 0.929. The highest BCUT2D eigenvalue weighted by atomic mass is 16.5. The fourth-order valence-electron chi connectivity index (χ4n) is 3.10. The molecular formula is C14H26N2O2. The minimum absolute atomic E-state index is 0.0285. The zero-order valence-electron chi connectivity index (χ0n) is 11.5. The number of ether oxygens (including phenoxy) is 1. The van der Waals surface area contributed by atoms with E-state index in [9.17, 15) is 4.79 Å². The van der Waals surface area contributed by atoms with E-state index in [2.05, 4.69) is 11.9 Å². The van der Waals surface area contributed by atoms with Crippen molar-refractivity contribution in [2.45, 2.75) is 51.0 Å². The molecule has 0 spiro atoms.